The van der Waals surface area contributed by atoms with Crippen LogP contribution >= 0.6 is 0 Å². The second kappa shape index (κ2) is 7.30. The summed E-state index contributed by atoms with van der Waals surface area (Å²) in [7, 11) is 0. The van der Waals surface area contributed by atoms with Crippen LogP contribution in [0.25, 0.3) is 0 Å². The number of rotatable bonds is 5. The van der Waals surface area contributed by atoms with Crippen LogP contribution in [0, 0.1) is 35.5 Å². The lowest BCUT2D eigenvalue weighted by atomic mass is 9.43. The molecule has 8 aliphatic carbocycles. The van der Waals surface area contributed by atoms with E-state index in [1.807, 2.05) is 11.1 Å². The van der Waals surface area contributed by atoms with E-state index >= 15 is 0 Å². The maximum atomic E-state index is 6.64. The van der Waals surface area contributed by atoms with Gasteiger partial charge in [0, 0.05) is 5.56 Å². The summed E-state index contributed by atoms with van der Waals surface area (Å²) in [6.45, 7) is 9.00. The first-order chi connectivity index (χ1) is 16.8. The van der Waals surface area contributed by atoms with Crippen LogP contribution in [-0.4, -0.2) is 19.3 Å². The standard InChI is InChI=1S/C33H46O2/c1-31(2,3)30-28(35-19-26-18-34-26)5-4-27(32-12-20-6-21(13-32)8-22(7-20)14-32)29(30)33-15-23-9-24(16-33)11-25(10-23)17-33/h4-5,20-26H,6-19H2,1-3H3. The van der Waals surface area contributed by atoms with Crippen molar-refractivity contribution >= 4 is 0 Å². The number of hydrogen-bond donors (Lipinski definition) is 0. The molecule has 1 saturated heterocycles. The summed E-state index contributed by atoms with van der Waals surface area (Å²) in [4.78, 5) is 0. The van der Waals surface area contributed by atoms with Gasteiger partial charge in [-0.25, -0.2) is 0 Å². The predicted octanol–water partition coefficient (Wildman–Crippen LogP) is 7.70. The molecule has 1 atom stereocenters. The van der Waals surface area contributed by atoms with Gasteiger partial charge in [-0.15, -0.1) is 0 Å². The molecule has 0 amide bonds. The molecular formula is C33H46O2. The molecule has 2 nitrogen and oxygen atoms in total. The highest BCUT2D eigenvalue weighted by Gasteiger charge is 2.58. The monoisotopic (exact) mass is 474 g/mol. The highest BCUT2D eigenvalue weighted by molar-refractivity contribution is 5.56. The third kappa shape index (κ3) is 3.44. The van der Waals surface area contributed by atoms with Crippen molar-refractivity contribution < 1.29 is 9.47 Å². The smallest absolute Gasteiger partial charge is 0.123 e. The maximum absolute atomic E-state index is 6.64. The van der Waals surface area contributed by atoms with Gasteiger partial charge in [0.15, 0.2) is 0 Å². The second-order valence-corrected chi connectivity index (χ2v) is 15.8. The summed E-state index contributed by atoms with van der Waals surface area (Å²) in [6.07, 6.45) is 18.2. The number of benzene rings is 1. The molecule has 35 heavy (non-hydrogen) atoms. The number of epoxide rings is 1. The first-order valence-electron chi connectivity index (χ1n) is 15.2. The average Bonchev–Trinajstić information content (AvgIpc) is 3.59. The summed E-state index contributed by atoms with van der Waals surface area (Å²) in [5.74, 6) is 7.09. The summed E-state index contributed by atoms with van der Waals surface area (Å²) in [6, 6.07) is 5.04. The molecule has 9 aliphatic rings. The number of ether oxygens (including phenoxy) is 2. The van der Waals surface area contributed by atoms with Crippen LogP contribution < -0.4 is 4.74 Å². The van der Waals surface area contributed by atoms with Crippen LogP contribution in [0.15, 0.2) is 12.1 Å². The van der Waals surface area contributed by atoms with Gasteiger partial charge in [-0.3, -0.25) is 0 Å². The van der Waals surface area contributed by atoms with Crippen LogP contribution in [0.3, 0.4) is 0 Å². The van der Waals surface area contributed by atoms with Crippen LogP contribution in [-0.2, 0) is 21.0 Å². The molecule has 0 spiro atoms. The fourth-order valence-corrected chi connectivity index (χ4v) is 11.6. The fraction of sp³-hybridized carbons (Fsp3) is 0.818. The van der Waals surface area contributed by atoms with Gasteiger partial charge in [-0.1, -0.05) is 26.8 Å². The molecule has 190 valence electrons. The zero-order chi connectivity index (χ0) is 23.6. The minimum absolute atomic E-state index is 0.0940. The second-order valence-electron chi connectivity index (χ2n) is 15.8. The van der Waals surface area contributed by atoms with E-state index in [1.165, 1.54) is 82.8 Å². The molecule has 1 aliphatic heterocycles. The van der Waals surface area contributed by atoms with E-state index in [4.69, 9.17) is 9.47 Å². The Labute approximate surface area is 212 Å². The summed E-state index contributed by atoms with van der Waals surface area (Å²) >= 11 is 0. The molecule has 2 heteroatoms. The van der Waals surface area contributed by atoms with Crippen molar-refractivity contribution in [3.05, 3.63) is 28.8 Å². The molecule has 0 radical (unpaired) electrons. The molecule has 8 bridgehead atoms. The van der Waals surface area contributed by atoms with Crippen molar-refractivity contribution in [3.8, 4) is 5.75 Å². The van der Waals surface area contributed by atoms with E-state index in [0.717, 1.165) is 48.7 Å². The molecule has 8 saturated carbocycles. The van der Waals surface area contributed by atoms with Gasteiger partial charge in [-0.05, 0) is 146 Å². The normalized spacial score (nSPS) is 46.9. The SMILES string of the molecule is CC(C)(C)c1c(OCC2CO2)ccc(C23CC4CC(CC(C4)C2)C3)c1C12CC3CC(CC(C3)C1)C2. The van der Waals surface area contributed by atoms with Gasteiger partial charge in [0.1, 0.15) is 18.5 Å². The van der Waals surface area contributed by atoms with E-state index in [1.54, 1.807) is 5.56 Å². The van der Waals surface area contributed by atoms with Crippen molar-refractivity contribution in [2.24, 2.45) is 35.5 Å². The molecule has 1 unspecified atom stereocenters. The first-order valence-corrected chi connectivity index (χ1v) is 15.2. The van der Waals surface area contributed by atoms with Gasteiger partial charge in [0.2, 0.25) is 0 Å². The Hall–Kier alpha value is -1.02. The van der Waals surface area contributed by atoms with Gasteiger partial charge < -0.3 is 9.47 Å². The topological polar surface area (TPSA) is 21.8 Å². The molecule has 1 aromatic rings. The van der Waals surface area contributed by atoms with E-state index < -0.39 is 0 Å². The lowest BCUT2D eigenvalue weighted by Gasteiger charge is -2.61. The largest absolute Gasteiger partial charge is 0.490 e. The summed E-state index contributed by atoms with van der Waals surface area (Å²) in [5.41, 5.74) is 6.19. The predicted molar refractivity (Wildman–Crippen MR) is 140 cm³/mol. The van der Waals surface area contributed by atoms with E-state index in [9.17, 15) is 0 Å². The lowest BCUT2D eigenvalue weighted by molar-refractivity contribution is -0.0182. The van der Waals surface area contributed by atoms with Gasteiger partial charge in [0.25, 0.3) is 0 Å². The maximum Gasteiger partial charge on any atom is 0.123 e. The average molecular weight is 475 g/mol. The third-order valence-corrected chi connectivity index (χ3v) is 11.9. The molecule has 1 aromatic carbocycles. The van der Waals surface area contributed by atoms with Crippen molar-refractivity contribution in [1.29, 1.82) is 0 Å². The lowest BCUT2D eigenvalue weighted by Crippen LogP contribution is -2.53. The molecule has 10 rings (SSSR count). The molecule has 1 heterocycles. The zero-order valence-electron chi connectivity index (χ0n) is 22.4. The minimum atomic E-state index is 0.0940. The Morgan fingerprint density at radius 3 is 1.63 bits per heavy atom. The Morgan fingerprint density at radius 2 is 1.20 bits per heavy atom. The minimum Gasteiger partial charge on any atom is -0.490 e. The number of hydrogen-bond acceptors (Lipinski definition) is 2. The molecule has 9 fully saturated rings. The highest BCUT2D eigenvalue weighted by atomic mass is 16.6. The summed E-state index contributed by atoms with van der Waals surface area (Å²) < 4.78 is 12.2. The quantitative estimate of drug-likeness (QED) is 0.408. The van der Waals surface area contributed by atoms with Crippen LogP contribution in [0.4, 0.5) is 0 Å². The van der Waals surface area contributed by atoms with Crippen molar-refractivity contribution in [2.45, 2.75) is 120 Å². The van der Waals surface area contributed by atoms with Crippen molar-refractivity contribution in [3.63, 3.8) is 0 Å². The van der Waals surface area contributed by atoms with Gasteiger partial charge in [-0.2, -0.15) is 0 Å². The molecule has 0 N–H and O–H groups in total. The van der Waals surface area contributed by atoms with E-state index in [0.29, 0.717) is 16.9 Å². The Kier molecular flexibility index (Phi) is 4.59. The Morgan fingerprint density at radius 1 is 0.743 bits per heavy atom. The van der Waals surface area contributed by atoms with Gasteiger partial charge in [0.05, 0.1) is 6.61 Å². The fourth-order valence-electron chi connectivity index (χ4n) is 11.6. The third-order valence-electron chi connectivity index (χ3n) is 11.9. The first kappa shape index (κ1) is 22.0. The van der Waals surface area contributed by atoms with Crippen LogP contribution in [0.1, 0.15) is 115 Å². The zero-order valence-corrected chi connectivity index (χ0v) is 22.4. The van der Waals surface area contributed by atoms with Crippen LogP contribution in [0.2, 0.25) is 0 Å². The van der Waals surface area contributed by atoms with E-state index in [-0.39, 0.29) is 5.41 Å². The summed E-state index contributed by atoms with van der Waals surface area (Å²) in [5, 5.41) is 0. The Bertz CT molecular complexity index is 954. The molecular weight excluding hydrogens is 428 g/mol. The van der Waals surface area contributed by atoms with Crippen LogP contribution in [0.5, 0.6) is 5.75 Å². The van der Waals surface area contributed by atoms with E-state index in [2.05, 4.69) is 32.9 Å². The molecule has 0 aromatic heterocycles. The highest BCUT2D eigenvalue weighted by Crippen LogP contribution is 2.67. The Balaban J connectivity index is 1.33. The van der Waals surface area contributed by atoms with Crippen molar-refractivity contribution in [1.82, 2.24) is 0 Å². The van der Waals surface area contributed by atoms with Crippen molar-refractivity contribution in [2.75, 3.05) is 13.2 Å². The van der Waals surface area contributed by atoms with Gasteiger partial charge >= 0.3 is 0 Å².